The normalized spacial score (nSPS) is 15.0. The maximum absolute atomic E-state index is 14.6. The van der Waals surface area contributed by atoms with Crippen molar-refractivity contribution in [2.75, 3.05) is 64.0 Å². The highest BCUT2D eigenvalue weighted by Crippen LogP contribution is 2.52. The Morgan fingerprint density at radius 2 is 1.05 bits per heavy atom. The molecule has 0 aromatic heterocycles. The lowest BCUT2D eigenvalue weighted by Crippen LogP contribution is -2.45. The van der Waals surface area contributed by atoms with Gasteiger partial charge in [0.25, 0.3) is 0 Å². The van der Waals surface area contributed by atoms with E-state index in [0.29, 0.717) is 62.3 Å². The average molecular weight is 843 g/mol. The molecule has 16 nitrogen and oxygen atoms in total. The molecule has 1 heterocycles. The second-order valence-electron chi connectivity index (χ2n) is 13.6. The van der Waals surface area contributed by atoms with Crippen LogP contribution in [0.25, 0.3) is 6.08 Å². The van der Waals surface area contributed by atoms with Crippen LogP contribution in [-0.4, -0.2) is 99.8 Å². The van der Waals surface area contributed by atoms with Crippen molar-refractivity contribution in [1.82, 2.24) is 10.6 Å². The van der Waals surface area contributed by atoms with Gasteiger partial charge in [0.05, 0.1) is 64.0 Å². The van der Waals surface area contributed by atoms with Gasteiger partial charge in [-0.05, 0) is 76.9 Å². The molecule has 2 N–H and O–H groups in total. The summed E-state index contributed by atoms with van der Waals surface area (Å²) in [7, 11) is 12.9. The van der Waals surface area contributed by atoms with Crippen LogP contribution in [0.5, 0.6) is 46.0 Å². The van der Waals surface area contributed by atoms with Crippen molar-refractivity contribution in [3.05, 3.63) is 101 Å². The van der Waals surface area contributed by atoms with Crippen LogP contribution < -0.4 is 48.5 Å². The highest BCUT2D eigenvalue weighted by Gasteiger charge is 2.44. The van der Waals surface area contributed by atoms with E-state index in [1.165, 1.54) is 76.1 Å². The van der Waals surface area contributed by atoms with E-state index in [9.17, 15) is 19.2 Å². The number of amides is 2. The first kappa shape index (κ1) is 45.0. The monoisotopic (exact) mass is 842 g/mol. The molecule has 1 aliphatic rings. The van der Waals surface area contributed by atoms with E-state index in [4.69, 9.17) is 47.4 Å². The molecule has 2 amide bonds. The third-order valence-corrected chi connectivity index (χ3v) is 10.0. The number of carbonyl (C=O) groups excluding carboxylic acids is 4. The van der Waals surface area contributed by atoms with Crippen molar-refractivity contribution in [2.24, 2.45) is 0 Å². The quantitative estimate of drug-likeness (QED) is 0.0972. The Morgan fingerprint density at radius 3 is 1.54 bits per heavy atom. The number of ether oxygens (including phenoxy) is 10. The van der Waals surface area contributed by atoms with Gasteiger partial charge in [-0.15, -0.1) is 0 Å². The summed E-state index contributed by atoms with van der Waals surface area (Å²) in [6, 6.07) is 16.6. The van der Waals surface area contributed by atoms with Gasteiger partial charge in [0.15, 0.2) is 46.0 Å². The molecular weight excluding hydrogens is 792 g/mol. The van der Waals surface area contributed by atoms with Crippen LogP contribution >= 0.6 is 0 Å². The zero-order chi connectivity index (χ0) is 44.2. The number of hydrogen-bond donors (Lipinski definition) is 2. The Balaban J connectivity index is 1.49. The Hall–Kier alpha value is -7.10. The minimum absolute atomic E-state index is 0.0556. The summed E-state index contributed by atoms with van der Waals surface area (Å²) >= 11 is 0. The number of nitrogens with one attached hydrogen (secondary N) is 2. The highest BCUT2D eigenvalue weighted by atomic mass is 16.5. The summed E-state index contributed by atoms with van der Waals surface area (Å²) in [5.41, 5.74) is 2.78. The number of esters is 2. The molecule has 4 aromatic rings. The molecule has 16 heteroatoms. The second kappa shape index (κ2) is 20.7. The van der Waals surface area contributed by atoms with E-state index in [1.807, 2.05) is 0 Å². The van der Waals surface area contributed by atoms with Gasteiger partial charge < -0.3 is 58.0 Å². The van der Waals surface area contributed by atoms with E-state index in [1.54, 1.807) is 66.7 Å². The van der Waals surface area contributed by atoms with Crippen LogP contribution in [0.4, 0.5) is 0 Å². The molecule has 0 radical (unpaired) electrons. The molecule has 5 rings (SSSR count). The predicted molar refractivity (Wildman–Crippen MR) is 222 cm³/mol. The van der Waals surface area contributed by atoms with Crippen molar-refractivity contribution < 1.29 is 66.5 Å². The fraction of sp³-hybridized carbons (Fsp3) is 0.333. The number of rotatable bonds is 19. The minimum Gasteiger partial charge on any atom is -0.493 e. The Labute approximate surface area is 353 Å². The molecule has 0 aliphatic carbocycles. The van der Waals surface area contributed by atoms with E-state index < -0.39 is 47.9 Å². The van der Waals surface area contributed by atoms with E-state index in [-0.39, 0.29) is 24.3 Å². The fourth-order valence-corrected chi connectivity index (χ4v) is 6.99. The highest BCUT2D eigenvalue weighted by molar-refractivity contribution is 5.95. The first-order chi connectivity index (χ1) is 29.4. The molecular formula is C45H50N2O14. The number of fused-ring (bicyclic) bond motifs is 1. The smallest absolute Gasteiger partial charge is 0.328 e. The lowest BCUT2D eigenvalue weighted by Gasteiger charge is -2.23. The van der Waals surface area contributed by atoms with Gasteiger partial charge in [-0.25, -0.2) is 9.59 Å². The lowest BCUT2D eigenvalue weighted by atomic mass is 9.88. The first-order valence-corrected chi connectivity index (χ1v) is 18.9. The standard InChI is InChI=1S/C45H50N2O14/c1-52-32-14-10-26(21-35(32)55-4)19-30(44(50)59-8)46-39(48)17-12-25-18-29-40(41(61-42(29)38(23-25)58-7)28-13-16-34(54-3)37(24-28)57-6)43(49)47-31(45(51)60-9)20-27-11-15-33(53-2)36(22-27)56-5/h10-18,21-24,30-31,40-41H,19-20H2,1-9H3,(H,46,48)(H,47,49)/b17-12+. The van der Waals surface area contributed by atoms with Crippen LogP contribution in [0.15, 0.2) is 72.8 Å². The predicted octanol–water partition coefficient (Wildman–Crippen LogP) is 4.78. The maximum Gasteiger partial charge on any atom is 0.328 e. The molecule has 0 saturated carbocycles. The molecule has 61 heavy (non-hydrogen) atoms. The number of hydrogen-bond acceptors (Lipinski definition) is 14. The summed E-state index contributed by atoms with van der Waals surface area (Å²) < 4.78 is 54.9. The van der Waals surface area contributed by atoms with Gasteiger partial charge in [0.2, 0.25) is 11.8 Å². The summed E-state index contributed by atoms with van der Waals surface area (Å²) in [4.78, 5) is 54.0. The Morgan fingerprint density at radius 1 is 0.574 bits per heavy atom. The summed E-state index contributed by atoms with van der Waals surface area (Å²) in [6.45, 7) is 0. The third-order valence-electron chi connectivity index (χ3n) is 10.0. The zero-order valence-electron chi connectivity index (χ0n) is 35.4. The van der Waals surface area contributed by atoms with Crippen LogP contribution in [0.2, 0.25) is 0 Å². The fourth-order valence-electron chi connectivity index (χ4n) is 6.99. The average Bonchev–Trinajstić information content (AvgIpc) is 3.68. The molecule has 324 valence electrons. The van der Waals surface area contributed by atoms with Crippen molar-refractivity contribution >= 4 is 29.8 Å². The topological polar surface area (TPSA) is 185 Å². The first-order valence-electron chi connectivity index (χ1n) is 18.9. The zero-order valence-corrected chi connectivity index (χ0v) is 35.4. The number of carbonyl (C=O) groups is 4. The van der Waals surface area contributed by atoms with Crippen molar-refractivity contribution in [3.63, 3.8) is 0 Å². The number of benzene rings is 4. The molecule has 0 spiro atoms. The molecule has 0 fully saturated rings. The molecule has 4 unspecified atom stereocenters. The third kappa shape index (κ3) is 10.4. The summed E-state index contributed by atoms with van der Waals surface area (Å²) in [5, 5.41) is 5.60. The number of methoxy groups -OCH3 is 9. The van der Waals surface area contributed by atoms with Crippen LogP contribution in [0, 0.1) is 0 Å². The van der Waals surface area contributed by atoms with E-state index >= 15 is 0 Å². The van der Waals surface area contributed by atoms with Crippen molar-refractivity contribution in [1.29, 1.82) is 0 Å². The Bertz CT molecular complexity index is 2260. The van der Waals surface area contributed by atoms with Crippen molar-refractivity contribution in [3.8, 4) is 46.0 Å². The van der Waals surface area contributed by atoms with Gasteiger partial charge in [0, 0.05) is 24.5 Å². The maximum atomic E-state index is 14.6. The lowest BCUT2D eigenvalue weighted by molar-refractivity contribution is -0.145. The van der Waals surface area contributed by atoms with Crippen LogP contribution in [0.1, 0.15) is 39.8 Å². The molecule has 4 aromatic carbocycles. The minimum atomic E-state index is -1.12. The molecule has 1 aliphatic heterocycles. The van der Waals surface area contributed by atoms with Gasteiger partial charge in [-0.2, -0.15) is 0 Å². The summed E-state index contributed by atoms with van der Waals surface area (Å²) in [5.74, 6) is -0.229. The molecule has 0 saturated heterocycles. The summed E-state index contributed by atoms with van der Waals surface area (Å²) in [6.07, 6.45) is 1.97. The van der Waals surface area contributed by atoms with E-state index in [2.05, 4.69) is 10.6 Å². The van der Waals surface area contributed by atoms with Gasteiger partial charge in [-0.1, -0.05) is 18.2 Å². The molecule has 4 atom stereocenters. The Kier molecular flexibility index (Phi) is 15.3. The SMILES string of the molecule is COC(=O)C(Cc1ccc(OC)c(OC)c1)NC(=O)/C=C/c1cc(OC)c2c(c1)C(C(=O)NC(Cc1ccc(OC)c(OC)c1)C(=O)OC)C(c1ccc(OC)c(OC)c1)O2. The van der Waals surface area contributed by atoms with Gasteiger partial charge >= 0.3 is 11.9 Å². The van der Waals surface area contributed by atoms with Crippen LogP contribution in [0.3, 0.4) is 0 Å². The largest absolute Gasteiger partial charge is 0.493 e. The van der Waals surface area contributed by atoms with E-state index in [0.717, 1.165) is 0 Å². The van der Waals surface area contributed by atoms with Gasteiger partial charge in [0.1, 0.15) is 24.1 Å². The van der Waals surface area contributed by atoms with Crippen LogP contribution in [-0.2, 0) is 41.5 Å². The van der Waals surface area contributed by atoms with Crippen molar-refractivity contribution in [2.45, 2.75) is 36.9 Å². The second-order valence-corrected chi connectivity index (χ2v) is 13.6. The molecule has 0 bridgehead atoms. The van der Waals surface area contributed by atoms with Gasteiger partial charge in [-0.3, -0.25) is 9.59 Å².